The maximum atomic E-state index is 12.4. The number of carbonyl (C=O) groups excluding carboxylic acids is 1. The third-order valence-corrected chi connectivity index (χ3v) is 4.04. The molecule has 2 aromatic heterocycles. The van der Waals surface area contributed by atoms with Crippen molar-refractivity contribution >= 4 is 11.6 Å². The molecule has 0 fully saturated rings. The summed E-state index contributed by atoms with van der Waals surface area (Å²) in [6, 6.07) is 9.72. The highest BCUT2D eigenvalue weighted by atomic mass is 19.4. The molecule has 3 rings (SSSR count). The van der Waals surface area contributed by atoms with Crippen LogP contribution in [0.5, 0.6) is 11.5 Å². The number of aryl methyl sites for hydroxylation is 1. The van der Waals surface area contributed by atoms with Gasteiger partial charge in [0.25, 0.3) is 0 Å². The van der Waals surface area contributed by atoms with Crippen LogP contribution in [-0.4, -0.2) is 40.6 Å². The first-order chi connectivity index (χ1) is 14.4. The Labute approximate surface area is 170 Å². The minimum Gasteiger partial charge on any atom is -0.493 e. The number of methoxy groups -OCH3 is 1. The van der Waals surface area contributed by atoms with E-state index in [2.05, 4.69) is 15.4 Å². The molecular weight excluding hydrogens is 401 g/mol. The number of pyridine rings is 1. The number of carbonyl (C=O) groups is 1. The van der Waals surface area contributed by atoms with Crippen molar-refractivity contribution < 1.29 is 27.4 Å². The Morgan fingerprint density at radius 1 is 1.17 bits per heavy atom. The Morgan fingerprint density at radius 3 is 2.70 bits per heavy atom. The lowest BCUT2D eigenvalue weighted by molar-refractivity contribution is -0.153. The number of nitrogens with zero attached hydrogens (tertiary/aromatic N) is 3. The minimum atomic E-state index is -4.44. The summed E-state index contributed by atoms with van der Waals surface area (Å²) in [5, 5.41) is 6.92. The van der Waals surface area contributed by atoms with Gasteiger partial charge in [0.15, 0.2) is 23.9 Å². The van der Waals surface area contributed by atoms with Crippen LogP contribution < -0.4 is 14.8 Å². The lowest BCUT2D eigenvalue weighted by atomic mass is 10.1. The highest BCUT2D eigenvalue weighted by molar-refractivity contribution is 5.92. The van der Waals surface area contributed by atoms with E-state index in [1.54, 1.807) is 53.6 Å². The van der Waals surface area contributed by atoms with E-state index in [9.17, 15) is 18.0 Å². The van der Waals surface area contributed by atoms with Crippen LogP contribution in [-0.2, 0) is 11.2 Å². The molecule has 7 nitrogen and oxygen atoms in total. The number of benzene rings is 1. The van der Waals surface area contributed by atoms with Crippen LogP contribution in [0, 0.1) is 0 Å². The average Bonchev–Trinajstić information content (AvgIpc) is 3.25. The Bertz CT molecular complexity index is 991. The van der Waals surface area contributed by atoms with Gasteiger partial charge in [-0.3, -0.25) is 4.79 Å². The zero-order chi connectivity index (χ0) is 21.6. The lowest BCUT2D eigenvalue weighted by Crippen LogP contribution is -2.19. The van der Waals surface area contributed by atoms with Gasteiger partial charge in [0.05, 0.1) is 12.8 Å². The van der Waals surface area contributed by atoms with Gasteiger partial charge < -0.3 is 14.8 Å². The van der Waals surface area contributed by atoms with Crippen molar-refractivity contribution in [3.63, 3.8) is 0 Å². The van der Waals surface area contributed by atoms with E-state index in [0.717, 1.165) is 5.56 Å². The van der Waals surface area contributed by atoms with Crippen molar-refractivity contribution in [2.75, 3.05) is 19.0 Å². The number of alkyl halides is 3. The van der Waals surface area contributed by atoms with Gasteiger partial charge in [-0.05, 0) is 42.3 Å². The lowest BCUT2D eigenvalue weighted by Gasteiger charge is -2.14. The third-order valence-electron chi connectivity index (χ3n) is 4.04. The summed E-state index contributed by atoms with van der Waals surface area (Å²) < 4.78 is 48.4. The molecule has 0 bridgehead atoms. The van der Waals surface area contributed by atoms with Crippen molar-refractivity contribution in [2.24, 2.45) is 0 Å². The number of anilines is 1. The highest BCUT2D eigenvalue weighted by Gasteiger charge is 2.29. The van der Waals surface area contributed by atoms with E-state index < -0.39 is 12.8 Å². The zero-order valence-electron chi connectivity index (χ0n) is 16.0. The van der Waals surface area contributed by atoms with E-state index in [0.29, 0.717) is 17.9 Å². The van der Waals surface area contributed by atoms with Gasteiger partial charge in [0.2, 0.25) is 5.91 Å². The van der Waals surface area contributed by atoms with Crippen LogP contribution in [0.1, 0.15) is 12.0 Å². The number of hydrogen-bond acceptors (Lipinski definition) is 5. The summed E-state index contributed by atoms with van der Waals surface area (Å²) in [5.74, 6) is 0.407. The molecule has 0 saturated carbocycles. The fourth-order valence-electron chi connectivity index (χ4n) is 2.69. The van der Waals surface area contributed by atoms with Gasteiger partial charge in [0.1, 0.15) is 0 Å². The van der Waals surface area contributed by atoms with Crippen molar-refractivity contribution in [3.05, 3.63) is 60.6 Å². The molecule has 158 valence electrons. The molecule has 0 aliphatic heterocycles. The molecule has 1 aromatic carbocycles. The van der Waals surface area contributed by atoms with Gasteiger partial charge in [-0.2, -0.15) is 18.3 Å². The van der Waals surface area contributed by atoms with Crippen molar-refractivity contribution in [3.8, 4) is 17.3 Å². The molecule has 3 aromatic rings. The standard InChI is InChI=1S/C20H19F3N4O3/c1-29-17-12-14(5-7-16(17)30-13-20(21,22)23)6-8-18(28)26-15-4-2-9-24-19(15)27-11-3-10-25-27/h2-5,7,9-12H,6,8,13H2,1H3,(H,26,28). The minimum absolute atomic E-state index is 0.0118. The monoisotopic (exact) mass is 420 g/mol. The molecular formula is C20H19F3N4O3. The van der Waals surface area contributed by atoms with Crippen molar-refractivity contribution in [1.82, 2.24) is 14.8 Å². The second kappa shape index (κ2) is 9.29. The fraction of sp³-hybridized carbons (Fsp3) is 0.250. The SMILES string of the molecule is COc1cc(CCC(=O)Nc2cccnc2-n2cccn2)ccc1OCC(F)(F)F. The largest absolute Gasteiger partial charge is 0.493 e. The summed E-state index contributed by atoms with van der Waals surface area (Å²) in [7, 11) is 1.34. The quantitative estimate of drug-likeness (QED) is 0.600. The Hall–Kier alpha value is -3.56. The normalized spacial score (nSPS) is 11.2. The van der Waals surface area contributed by atoms with E-state index in [1.165, 1.54) is 13.2 Å². The summed E-state index contributed by atoms with van der Waals surface area (Å²) in [5.41, 5.74) is 1.24. The predicted molar refractivity (Wildman–Crippen MR) is 103 cm³/mol. The van der Waals surface area contributed by atoms with Crippen LogP contribution in [0.4, 0.5) is 18.9 Å². The molecule has 0 atom stereocenters. The topological polar surface area (TPSA) is 78.3 Å². The molecule has 0 aliphatic carbocycles. The number of aromatic nitrogens is 3. The predicted octanol–water partition coefficient (Wildman–Crippen LogP) is 3.79. The molecule has 1 N–H and O–H groups in total. The number of ether oxygens (including phenoxy) is 2. The molecule has 10 heteroatoms. The first kappa shape index (κ1) is 21.2. The van der Waals surface area contributed by atoms with Crippen molar-refractivity contribution in [2.45, 2.75) is 19.0 Å². The maximum Gasteiger partial charge on any atom is 0.422 e. The van der Waals surface area contributed by atoms with Crippen molar-refractivity contribution in [1.29, 1.82) is 0 Å². The molecule has 0 saturated heterocycles. The maximum absolute atomic E-state index is 12.4. The summed E-state index contributed by atoms with van der Waals surface area (Å²) in [6.07, 6.45) is 0.991. The van der Waals surface area contributed by atoms with Gasteiger partial charge in [-0.15, -0.1) is 0 Å². The van der Waals surface area contributed by atoms with E-state index in [1.807, 2.05) is 0 Å². The molecule has 0 unspecified atom stereocenters. The summed E-state index contributed by atoms with van der Waals surface area (Å²) in [4.78, 5) is 16.6. The number of rotatable bonds is 8. The molecule has 0 radical (unpaired) electrons. The van der Waals surface area contributed by atoms with E-state index in [4.69, 9.17) is 9.47 Å². The van der Waals surface area contributed by atoms with E-state index in [-0.39, 0.29) is 23.8 Å². The smallest absolute Gasteiger partial charge is 0.422 e. The second-order valence-electron chi connectivity index (χ2n) is 6.26. The van der Waals surface area contributed by atoms with Gasteiger partial charge in [-0.25, -0.2) is 9.67 Å². The highest BCUT2D eigenvalue weighted by Crippen LogP contribution is 2.30. The fourth-order valence-corrected chi connectivity index (χ4v) is 2.69. The molecule has 30 heavy (non-hydrogen) atoms. The summed E-state index contributed by atoms with van der Waals surface area (Å²) in [6.45, 7) is -1.41. The number of hydrogen-bond donors (Lipinski definition) is 1. The molecule has 0 aliphatic rings. The number of amides is 1. The molecule has 1 amide bonds. The van der Waals surface area contributed by atoms with Crippen LogP contribution in [0.3, 0.4) is 0 Å². The average molecular weight is 420 g/mol. The van der Waals surface area contributed by atoms with Gasteiger partial charge >= 0.3 is 6.18 Å². The number of halogens is 3. The molecule has 0 spiro atoms. The second-order valence-corrected chi connectivity index (χ2v) is 6.26. The Balaban J connectivity index is 1.61. The van der Waals surface area contributed by atoms with E-state index >= 15 is 0 Å². The summed E-state index contributed by atoms with van der Waals surface area (Å²) >= 11 is 0. The third kappa shape index (κ3) is 5.72. The molecule has 2 heterocycles. The Kier molecular flexibility index (Phi) is 6.55. The van der Waals surface area contributed by atoms with Crippen LogP contribution in [0.2, 0.25) is 0 Å². The van der Waals surface area contributed by atoms with Crippen LogP contribution in [0.25, 0.3) is 5.82 Å². The van der Waals surface area contributed by atoms with Gasteiger partial charge in [0, 0.05) is 25.0 Å². The Morgan fingerprint density at radius 2 is 2.00 bits per heavy atom. The van der Waals surface area contributed by atoms with Gasteiger partial charge in [-0.1, -0.05) is 6.07 Å². The first-order valence-corrected chi connectivity index (χ1v) is 8.97. The van der Waals surface area contributed by atoms with Crippen LogP contribution in [0.15, 0.2) is 55.0 Å². The number of nitrogens with one attached hydrogen (secondary N) is 1. The first-order valence-electron chi connectivity index (χ1n) is 8.97. The zero-order valence-corrected chi connectivity index (χ0v) is 16.0. The van der Waals surface area contributed by atoms with Crippen LogP contribution >= 0.6 is 0 Å².